The maximum atomic E-state index is 6.43. The van der Waals surface area contributed by atoms with E-state index >= 15 is 0 Å². The third-order valence-corrected chi connectivity index (χ3v) is 5.72. The number of fused-ring (bicyclic) bond motifs is 1. The van der Waals surface area contributed by atoms with Gasteiger partial charge in [0.2, 0.25) is 0 Å². The van der Waals surface area contributed by atoms with E-state index in [1.807, 2.05) is 49.4 Å². The number of imidazole rings is 1. The highest BCUT2D eigenvalue weighted by Crippen LogP contribution is 2.39. The van der Waals surface area contributed by atoms with E-state index in [4.69, 9.17) is 28.2 Å². The molecule has 2 heterocycles. The molecule has 3 nitrogen and oxygen atoms in total. The molecule has 0 amide bonds. The molecule has 0 radical (unpaired) electrons. The minimum Gasteiger partial charge on any atom is -0.338 e. The van der Waals surface area contributed by atoms with Gasteiger partial charge in [-0.1, -0.05) is 53.5 Å². The zero-order valence-electron chi connectivity index (χ0n) is 13.7. The Morgan fingerprint density at radius 3 is 2.52 bits per heavy atom. The molecule has 2 aromatic heterocycles. The first-order valence-electron chi connectivity index (χ1n) is 7.80. The van der Waals surface area contributed by atoms with Gasteiger partial charge in [0.1, 0.15) is 11.5 Å². The highest BCUT2D eigenvalue weighted by molar-refractivity contribution is 7.15. The largest absolute Gasteiger partial charge is 0.338 e. The number of nitrogens with one attached hydrogen (secondary N) is 1. The van der Waals surface area contributed by atoms with E-state index in [2.05, 4.69) is 22.0 Å². The van der Waals surface area contributed by atoms with Gasteiger partial charge in [0.05, 0.1) is 15.7 Å². The first-order chi connectivity index (χ1) is 12.1. The molecule has 0 spiro atoms. The van der Waals surface area contributed by atoms with Gasteiger partial charge in [-0.15, -0.1) is 11.3 Å². The minimum absolute atomic E-state index is 0.671. The smallest absolute Gasteiger partial charge is 0.196 e. The standard InChI is InChI=1S/C19H15Cl2N3S/c1-11-6-5-9-15(21)16(11)22-18-17(13-7-3-4-8-14(13)20)23-19-24(18)12(2)10-25-19/h3-10,22H,1-2H3. The Bertz CT molecular complexity index is 1060. The lowest BCUT2D eigenvalue weighted by atomic mass is 10.1. The Morgan fingerprint density at radius 2 is 1.76 bits per heavy atom. The van der Waals surface area contributed by atoms with Gasteiger partial charge in [-0.3, -0.25) is 4.40 Å². The summed E-state index contributed by atoms with van der Waals surface area (Å²) < 4.78 is 2.10. The number of rotatable bonds is 3. The molecule has 25 heavy (non-hydrogen) atoms. The minimum atomic E-state index is 0.671. The van der Waals surface area contributed by atoms with Crippen LogP contribution in [0.1, 0.15) is 11.3 Å². The maximum absolute atomic E-state index is 6.43. The van der Waals surface area contributed by atoms with E-state index in [-0.39, 0.29) is 0 Å². The molecule has 0 aliphatic rings. The van der Waals surface area contributed by atoms with Crippen molar-refractivity contribution in [3.63, 3.8) is 0 Å². The van der Waals surface area contributed by atoms with Crippen LogP contribution < -0.4 is 5.32 Å². The maximum Gasteiger partial charge on any atom is 0.196 e. The molecule has 4 aromatic rings. The third-order valence-electron chi connectivity index (χ3n) is 4.13. The molecule has 1 N–H and O–H groups in total. The molecule has 0 atom stereocenters. The van der Waals surface area contributed by atoms with Gasteiger partial charge in [-0.05, 0) is 31.5 Å². The van der Waals surface area contributed by atoms with Crippen LogP contribution in [0.2, 0.25) is 10.0 Å². The fourth-order valence-electron chi connectivity index (χ4n) is 2.86. The van der Waals surface area contributed by atoms with Gasteiger partial charge in [0, 0.05) is 16.6 Å². The second-order valence-corrected chi connectivity index (χ2v) is 7.49. The Balaban J connectivity index is 1.97. The summed E-state index contributed by atoms with van der Waals surface area (Å²) in [6, 6.07) is 13.6. The fourth-order valence-corrected chi connectivity index (χ4v) is 4.22. The molecular formula is C19H15Cl2N3S. The molecule has 0 saturated carbocycles. The Morgan fingerprint density at radius 1 is 1.00 bits per heavy atom. The van der Waals surface area contributed by atoms with Crippen LogP contribution in [0.4, 0.5) is 11.5 Å². The number of para-hydroxylation sites is 1. The summed E-state index contributed by atoms with van der Waals surface area (Å²) in [6.45, 7) is 4.09. The van der Waals surface area contributed by atoms with Crippen molar-refractivity contribution in [2.24, 2.45) is 0 Å². The second-order valence-electron chi connectivity index (χ2n) is 5.84. The number of nitrogens with zero attached hydrogens (tertiary/aromatic N) is 2. The predicted molar refractivity (Wildman–Crippen MR) is 108 cm³/mol. The van der Waals surface area contributed by atoms with Gasteiger partial charge in [0.25, 0.3) is 0 Å². The molecule has 2 aromatic carbocycles. The molecule has 0 saturated heterocycles. The molecular weight excluding hydrogens is 373 g/mol. The summed E-state index contributed by atoms with van der Waals surface area (Å²) in [5.74, 6) is 0.873. The van der Waals surface area contributed by atoms with Crippen molar-refractivity contribution in [2.75, 3.05) is 5.32 Å². The van der Waals surface area contributed by atoms with Crippen LogP contribution in [-0.4, -0.2) is 9.38 Å². The van der Waals surface area contributed by atoms with Crippen LogP contribution in [0.15, 0.2) is 47.8 Å². The molecule has 0 fully saturated rings. The quantitative estimate of drug-likeness (QED) is 0.422. The number of halogens is 2. The molecule has 0 aliphatic carbocycles. The normalized spacial score (nSPS) is 11.2. The van der Waals surface area contributed by atoms with Gasteiger partial charge < -0.3 is 5.32 Å². The molecule has 0 aliphatic heterocycles. The lowest BCUT2D eigenvalue weighted by Crippen LogP contribution is -2.00. The zero-order valence-corrected chi connectivity index (χ0v) is 16.0. The summed E-state index contributed by atoms with van der Waals surface area (Å²) in [7, 11) is 0. The first-order valence-corrected chi connectivity index (χ1v) is 9.43. The molecule has 4 rings (SSSR count). The van der Waals surface area contributed by atoms with Crippen molar-refractivity contribution in [3.05, 3.63) is 69.1 Å². The molecule has 126 valence electrons. The predicted octanol–water partition coefficient (Wildman–Crippen LogP) is 6.73. The van der Waals surface area contributed by atoms with Gasteiger partial charge in [0.15, 0.2) is 4.96 Å². The van der Waals surface area contributed by atoms with Crippen molar-refractivity contribution in [2.45, 2.75) is 13.8 Å². The van der Waals surface area contributed by atoms with Crippen molar-refractivity contribution in [1.29, 1.82) is 0 Å². The fraction of sp³-hybridized carbons (Fsp3) is 0.105. The van der Waals surface area contributed by atoms with Crippen LogP contribution in [0.3, 0.4) is 0 Å². The first kappa shape index (κ1) is 16.5. The van der Waals surface area contributed by atoms with Crippen LogP contribution in [-0.2, 0) is 0 Å². The Kier molecular flexibility index (Phi) is 4.20. The number of thiazole rings is 1. The summed E-state index contributed by atoms with van der Waals surface area (Å²) in [5.41, 5.74) is 4.77. The van der Waals surface area contributed by atoms with Crippen molar-refractivity contribution < 1.29 is 0 Å². The van der Waals surface area contributed by atoms with Gasteiger partial charge in [-0.25, -0.2) is 4.98 Å². The number of hydrogen-bond acceptors (Lipinski definition) is 3. The number of anilines is 2. The van der Waals surface area contributed by atoms with Crippen LogP contribution in [0.25, 0.3) is 16.2 Å². The monoisotopic (exact) mass is 387 g/mol. The van der Waals surface area contributed by atoms with Crippen molar-refractivity contribution in [1.82, 2.24) is 9.38 Å². The number of aromatic nitrogens is 2. The number of hydrogen-bond donors (Lipinski definition) is 1. The van der Waals surface area contributed by atoms with E-state index in [0.717, 1.165) is 39.0 Å². The van der Waals surface area contributed by atoms with Crippen molar-refractivity contribution in [3.8, 4) is 11.3 Å². The van der Waals surface area contributed by atoms with E-state index in [1.165, 1.54) is 0 Å². The zero-order chi connectivity index (χ0) is 17.6. The Labute approximate surface area is 159 Å². The number of benzene rings is 2. The third kappa shape index (κ3) is 2.80. The highest BCUT2D eigenvalue weighted by atomic mass is 35.5. The SMILES string of the molecule is Cc1cccc(Cl)c1Nc1c(-c2ccccc2Cl)nc2scc(C)n12. The van der Waals surface area contributed by atoms with E-state index in [0.29, 0.717) is 10.0 Å². The number of aryl methyl sites for hydroxylation is 2. The van der Waals surface area contributed by atoms with Crippen molar-refractivity contribution >= 4 is 51.0 Å². The summed E-state index contributed by atoms with van der Waals surface area (Å²) in [5, 5.41) is 6.93. The summed E-state index contributed by atoms with van der Waals surface area (Å²) >= 11 is 14.5. The highest BCUT2D eigenvalue weighted by Gasteiger charge is 2.20. The van der Waals surface area contributed by atoms with Crippen LogP contribution in [0.5, 0.6) is 0 Å². The second kappa shape index (κ2) is 6.37. The Hall–Kier alpha value is -2.01. The summed E-state index contributed by atoms with van der Waals surface area (Å²) in [4.78, 5) is 5.73. The molecule has 6 heteroatoms. The van der Waals surface area contributed by atoms with Gasteiger partial charge in [-0.2, -0.15) is 0 Å². The van der Waals surface area contributed by atoms with Gasteiger partial charge >= 0.3 is 0 Å². The molecule has 0 bridgehead atoms. The summed E-state index contributed by atoms with van der Waals surface area (Å²) in [6.07, 6.45) is 0. The van der Waals surface area contributed by atoms with E-state index in [1.54, 1.807) is 11.3 Å². The lowest BCUT2D eigenvalue weighted by Gasteiger charge is -2.13. The lowest BCUT2D eigenvalue weighted by molar-refractivity contribution is 1.13. The average Bonchev–Trinajstić information content (AvgIpc) is 3.12. The van der Waals surface area contributed by atoms with E-state index < -0.39 is 0 Å². The van der Waals surface area contributed by atoms with Crippen LogP contribution >= 0.6 is 34.5 Å². The van der Waals surface area contributed by atoms with E-state index in [9.17, 15) is 0 Å². The van der Waals surface area contributed by atoms with Crippen LogP contribution in [0, 0.1) is 13.8 Å². The topological polar surface area (TPSA) is 29.3 Å². The average molecular weight is 388 g/mol. The molecule has 0 unspecified atom stereocenters.